The molecule has 1 unspecified atom stereocenters. The lowest BCUT2D eigenvalue weighted by Crippen LogP contribution is -2.31. The Bertz CT molecular complexity index is 431. The van der Waals surface area contributed by atoms with Gasteiger partial charge in [-0.2, -0.15) is 0 Å². The highest BCUT2D eigenvalue weighted by atomic mass is 16.6. The molecule has 1 fully saturated rings. The standard InChI is InChI=1S/C11H16N4O2/c1-7-4-10(15(16)17)11(13-6-7)14-9(5-12)8-2-3-8/h4,6,8-9H,2-3,5,12H2,1H3,(H,13,14). The highest BCUT2D eigenvalue weighted by Gasteiger charge is 2.31. The van der Waals surface area contributed by atoms with Crippen molar-refractivity contribution in [3.8, 4) is 0 Å². The molecule has 0 aliphatic heterocycles. The Morgan fingerprint density at radius 3 is 2.94 bits per heavy atom. The second-order valence-corrected chi connectivity index (χ2v) is 4.46. The molecule has 0 amide bonds. The van der Waals surface area contributed by atoms with Gasteiger partial charge in [0, 0.05) is 24.8 Å². The molecule has 6 nitrogen and oxygen atoms in total. The number of aryl methyl sites for hydroxylation is 1. The second-order valence-electron chi connectivity index (χ2n) is 4.46. The molecule has 1 aromatic rings. The molecule has 0 bridgehead atoms. The Morgan fingerprint density at radius 1 is 1.71 bits per heavy atom. The van der Waals surface area contributed by atoms with Crippen molar-refractivity contribution in [2.45, 2.75) is 25.8 Å². The van der Waals surface area contributed by atoms with Gasteiger partial charge >= 0.3 is 5.69 Å². The van der Waals surface area contributed by atoms with Crippen molar-refractivity contribution in [2.24, 2.45) is 11.7 Å². The lowest BCUT2D eigenvalue weighted by atomic mass is 10.2. The lowest BCUT2D eigenvalue weighted by molar-refractivity contribution is -0.384. The number of hydrogen-bond donors (Lipinski definition) is 2. The second kappa shape index (κ2) is 4.67. The number of nitrogens with one attached hydrogen (secondary N) is 1. The highest BCUT2D eigenvalue weighted by Crippen LogP contribution is 2.34. The number of aromatic nitrogens is 1. The van der Waals surface area contributed by atoms with Gasteiger partial charge in [-0.3, -0.25) is 10.1 Å². The number of hydrogen-bond acceptors (Lipinski definition) is 5. The largest absolute Gasteiger partial charge is 0.360 e. The Kier molecular flexibility index (Phi) is 3.23. The summed E-state index contributed by atoms with van der Waals surface area (Å²) >= 11 is 0. The molecule has 1 saturated carbocycles. The maximum atomic E-state index is 10.9. The average molecular weight is 236 g/mol. The molecule has 0 spiro atoms. The van der Waals surface area contributed by atoms with Crippen LogP contribution >= 0.6 is 0 Å². The van der Waals surface area contributed by atoms with Crippen molar-refractivity contribution in [3.63, 3.8) is 0 Å². The van der Waals surface area contributed by atoms with E-state index in [2.05, 4.69) is 10.3 Å². The summed E-state index contributed by atoms with van der Waals surface area (Å²) in [6, 6.07) is 1.61. The normalized spacial score (nSPS) is 16.6. The summed E-state index contributed by atoms with van der Waals surface area (Å²) in [4.78, 5) is 14.6. The van der Waals surface area contributed by atoms with Crippen LogP contribution in [0.25, 0.3) is 0 Å². The van der Waals surface area contributed by atoms with Gasteiger partial charge < -0.3 is 11.1 Å². The Balaban J connectivity index is 2.21. The maximum absolute atomic E-state index is 10.9. The van der Waals surface area contributed by atoms with Crippen molar-refractivity contribution in [1.29, 1.82) is 0 Å². The first-order valence-electron chi connectivity index (χ1n) is 5.69. The molecule has 6 heteroatoms. The molecule has 3 N–H and O–H groups in total. The van der Waals surface area contributed by atoms with Crippen molar-refractivity contribution >= 4 is 11.5 Å². The Labute approximate surface area is 99.4 Å². The van der Waals surface area contributed by atoms with Crippen molar-refractivity contribution in [2.75, 3.05) is 11.9 Å². The van der Waals surface area contributed by atoms with Gasteiger partial charge in [0.1, 0.15) is 0 Å². The maximum Gasteiger partial charge on any atom is 0.311 e. The van der Waals surface area contributed by atoms with Crippen molar-refractivity contribution in [1.82, 2.24) is 4.98 Å². The van der Waals surface area contributed by atoms with Crippen LogP contribution < -0.4 is 11.1 Å². The van der Waals surface area contributed by atoms with Crippen LogP contribution in [0.3, 0.4) is 0 Å². The molecule has 0 radical (unpaired) electrons. The number of anilines is 1. The van der Waals surface area contributed by atoms with Gasteiger partial charge in [-0.15, -0.1) is 0 Å². The molecule has 1 aromatic heterocycles. The molecular weight excluding hydrogens is 220 g/mol. The summed E-state index contributed by atoms with van der Waals surface area (Å²) in [6.45, 7) is 2.25. The summed E-state index contributed by atoms with van der Waals surface area (Å²) in [6.07, 6.45) is 3.89. The first-order chi connectivity index (χ1) is 8.11. The van der Waals surface area contributed by atoms with Crippen LogP contribution in [-0.2, 0) is 0 Å². The van der Waals surface area contributed by atoms with Crippen molar-refractivity contribution in [3.05, 3.63) is 27.9 Å². The lowest BCUT2D eigenvalue weighted by Gasteiger charge is -2.16. The zero-order valence-electron chi connectivity index (χ0n) is 9.72. The van der Waals surface area contributed by atoms with Gasteiger partial charge in [0.15, 0.2) is 0 Å². The van der Waals surface area contributed by atoms with Gasteiger partial charge in [0.25, 0.3) is 0 Å². The average Bonchev–Trinajstić information content (AvgIpc) is 3.11. The first-order valence-corrected chi connectivity index (χ1v) is 5.69. The minimum atomic E-state index is -0.414. The molecule has 1 aliphatic rings. The van der Waals surface area contributed by atoms with E-state index < -0.39 is 4.92 Å². The number of nitrogens with zero attached hydrogens (tertiary/aromatic N) is 2. The van der Waals surface area contributed by atoms with Gasteiger partial charge in [-0.1, -0.05) is 0 Å². The van der Waals surface area contributed by atoms with E-state index in [1.165, 1.54) is 6.07 Å². The van der Waals surface area contributed by atoms with E-state index in [9.17, 15) is 10.1 Å². The molecule has 2 rings (SSSR count). The smallest absolute Gasteiger partial charge is 0.311 e. The highest BCUT2D eigenvalue weighted by molar-refractivity contribution is 5.57. The summed E-state index contributed by atoms with van der Waals surface area (Å²) in [5, 5.41) is 14.0. The van der Waals surface area contributed by atoms with E-state index in [1.54, 1.807) is 13.1 Å². The predicted octanol–water partition coefficient (Wildman–Crippen LogP) is 1.45. The van der Waals surface area contributed by atoms with E-state index >= 15 is 0 Å². The molecule has 1 atom stereocenters. The third kappa shape index (κ3) is 2.71. The number of pyridine rings is 1. The fourth-order valence-corrected chi connectivity index (χ4v) is 1.85. The molecule has 0 saturated heterocycles. The third-order valence-electron chi connectivity index (χ3n) is 2.97. The topological polar surface area (TPSA) is 94.1 Å². The first kappa shape index (κ1) is 11.8. The molecule has 1 aliphatic carbocycles. The van der Waals surface area contributed by atoms with E-state index in [-0.39, 0.29) is 11.7 Å². The monoisotopic (exact) mass is 236 g/mol. The summed E-state index contributed by atoms with van der Waals surface area (Å²) in [5.74, 6) is 0.852. The Morgan fingerprint density at radius 2 is 2.41 bits per heavy atom. The van der Waals surface area contributed by atoms with Crippen LogP contribution in [0.15, 0.2) is 12.3 Å². The summed E-state index contributed by atoms with van der Waals surface area (Å²) in [5.41, 5.74) is 6.45. The van der Waals surface area contributed by atoms with Crippen LogP contribution in [0.1, 0.15) is 18.4 Å². The van der Waals surface area contributed by atoms with Gasteiger partial charge in [0.05, 0.1) is 4.92 Å². The number of nitrogens with two attached hydrogens (primary N) is 1. The molecular formula is C11H16N4O2. The van der Waals surface area contributed by atoms with Crippen molar-refractivity contribution < 1.29 is 4.92 Å². The quantitative estimate of drug-likeness (QED) is 0.596. The third-order valence-corrected chi connectivity index (χ3v) is 2.97. The SMILES string of the molecule is Cc1cnc(NC(CN)C2CC2)c([N+](=O)[O-])c1. The zero-order chi connectivity index (χ0) is 12.4. The number of rotatable bonds is 5. The molecule has 17 heavy (non-hydrogen) atoms. The van der Waals surface area contributed by atoms with Crippen LogP contribution in [0.4, 0.5) is 11.5 Å². The van der Waals surface area contributed by atoms with E-state index in [0.717, 1.165) is 18.4 Å². The van der Waals surface area contributed by atoms with E-state index in [0.29, 0.717) is 18.3 Å². The predicted molar refractivity (Wildman–Crippen MR) is 64.8 cm³/mol. The van der Waals surface area contributed by atoms with E-state index in [4.69, 9.17) is 5.73 Å². The Hall–Kier alpha value is -1.69. The minimum Gasteiger partial charge on any atom is -0.360 e. The van der Waals surface area contributed by atoms with Gasteiger partial charge in [-0.05, 0) is 31.2 Å². The minimum absolute atomic E-state index is 0.0177. The molecule has 92 valence electrons. The van der Waals surface area contributed by atoms with E-state index in [1.807, 2.05) is 0 Å². The zero-order valence-corrected chi connectivity index (χ0v) is 9.72. The summed E-state index contributed by atoms with van der Waals surface area (Å²) < 4.78 is 0. The van der Waals surface area contributed by atoms with Crippen LogP contribution in [0.5, 0.6) is 0 Å². The fourth-order valence-electron chi connectivity index (χ4n) is 1.85. The van der Waals surface area contributed by atoms with Crippen LogP contribution in [-0.4, -0.2) is 22.5 Å². The fraction of sp³-hybridized carbons (Fsp3) is 0.545. The number of nitro groups is 1. The van der Waals surface area contributed by atoms with Crippen LogP contribution in [0.2, 0.25) is 0 Å². The van der Waals surface area contributed by atoms with Crippen LogP contribution in [0, 0.1) is 23.0 Å². The summed E-state index contributed by atoms with van der Waals surface area (Å²) in [7, 11) is 0. The molecule has 0 aromatic carbocycles. The molecule has 1 heterocycles. The van der Waals surface area contributed by atoms with Gasteiger partial charge in [-0.25, -0.2) is 4.98 Å². The van der Waals surface area contributed by atoms with Gasteiger partial charge in [0.2, 0.25) is 5.82 Å².